The fourth-order valence-electron chi connectivity index (χ4n) is 2.73. The van der Waals surface area contributed by atoms with Crippen molar-refractivity contribution in [3.05, 3.63) is 12.7 Å². The maximum atomic E-state index is 9.52. The Morgan fingerprint density at radius 3 is 2.38 bits per heavy atom. The Morgan fingerprint density at radius 1 is 1.05 bits per heavy atom. The summed E-state index contributed by atoms with van der Waals surface area (Å²) in [6.07, 6.45) is 12.0. The molecule has 4 heteroatoms. The summed E-state index contributed by atoms with van der Waals surface area (Å²) in [6, 6.07) is 0. The van der Waals surface area contributed by atoms with E-state index in [0.29, 0.717) is 12.8 Å². The second kappa shape index (κ2) is 12.2. The number of unbranched alkanes of at least 4 members (excludes halogenated alkanes) is 7. The van der Waals surface area contributed by atoms with E-state index in [1.165, 1.54) is 38.5 Å². The van der Waals surface area contributed by atoms with E-state index in [1.54, 1.807) is 0 Å². The molecule has 0 radical (unpaired) electrons. The van der Waals surface area contributed by atoms with Gasteiger partial charge in [0.15, 0.2) is 6.29 Å². The lowest BCUT2D eigenvalue weighted by molar-refractivity contribution is -0.205. The van der Waals surface area contributed by atoms with Gasteiger partial charge >= 0.3 is 0 Å². The molecule has 0 aromatic heterocycles. The van der Waals surface area contributed by atoms with Gasteiger partial charge in [0.1, 0.15) is 0 Å². The zero-order chi connectivity index (χ0) is 15.3. The summed E-state index contributed by atoms with van der Waals surface area (Å²) in [6.45, 7) is 4.42. The Labute approximate surface area is 129 Å². The molecule has 0 spiro atoms. The van der Waals surface area contributed by atoms with Crippen molar-refractivity contribution in [2.24, 2.45) is 0 Å². The SMILES string of the molecule is C=CCCCCCCCCCO[C@@H]1CC(O)OC(CO)C1. The van der Waals surface area contributed by atoms with Crippen LogP contribution < -0.4 is 0 Å². The summed E-state index contributed by atoms with van der Waals surface area (Å²) >= 11 is 0. The van der Waals surface area contributed by atoms with Crippen LogP contribution in [0.25, 0.3) is 0 Å². The molecule has 0 aromatic carbocycles. The van der Waals surface area contributed by atoms with Crippen LogP contribution in [0.2, 0.25) is 0 Å². The number of rotatable bonds is 12. The van der Waals surface area contributed by atoms with Crippen LogP contribution in [0.15, 0.2) is 12.7 Å². The summed E-state index contributed by atoms with van der Waals surface area (Å²) < 4.78 is 11.0. The van der Waals surface area contributed by atoms with Crippen LogP contribution in [-0.2, 0) is 9.47 Å². The lowest BCUT2D eigenvalue weighted by Crippen LogP contribution is -2.38. The average molecular weight is 300 g/mol. The number of ether oxygens (including phenoxy) is 2. The molecule has 0 aliphatic carbocycles. The minimum Gasteiger partial charge on any atom is -0.394 e. The molecular formula is C17H32O4. The van der Waals surface area contributed by atoms with Gasteiger partial charge in [-0.1, -0.05) is 38.2 Å². The summed E-state index contributed by atoms with van der Waals surface area (Å²) in [5, 5.41) is 18.6. The molecule has 1 aliphatic heterocycles. The minimum atomic E-state index is -0.795. The van der Waals surface area contributed by atoms with E-state index in [-0.39, 0.29) is 18.8 Å². The van der Waals surface area contributed by atoms with Gasteiger partial charge in [0.2, 0.25) is 0 Å². The van der Waals surface area contributed by atoms with Crippen LogP contribution in [0.4, 0.5) is 0 Å². The molecule has 1 rings (SSSR count). The Hall–Kier alpha value is -0.420. The van der Waals surface area contributed by atoms with E-state index in [9.17, 15) is 5.11 Å². The van der Waals surface area contributed by atoms with E-state index >= 15 is 0 Å². The molecule has 0 saturated carbocycles. The topological polar surface area (TPSA) is 58.9 Å². The van der Waals surface area contributed by atoms with Gasteiger partial charge in [0.25, 0.3) is 0 Å². The molecule has 124 valence electrons. The predicted octanol–water partition coefficient (Wildman–Crippen LogP) is 3.17. The zero-order valence-corrected chi connectivity index (χ0v) is 13.2. The van der Waals surface area contributed by atoms with Crippen LogP contribution in [0.1, 0.15) is 64.2 Å². The Morgan fingerprint density at radius 2 is 1.71 bits per heavy atom. The van der Waals surface area contributed by atoms with Crippen molar-refractivity contribution in [1.82, 2.24) is 0 Å². The number of allylic oxidation sites excluding steroid dienone is 1. The third kappa shape index (κ3) is 9.25. The van der Waals surface area contributed by atoms with E-state index in [1.807, 2.05) is 6.08 Å². The molecule has 0 aromatic rings. The first kappa shape index (κ1) is 18.6. The number of aliphatic hydroxyl groups excluding tert-OH is 2. The molecule has 1 aliphatic rings. The summed E-state index contributed by atoms with van der Waals surface area (Å²) in [4.78, 5) is 0. The molecule has 0 amide bonds. The van der Waals surface area contributed by atoms with Gasteiger partial charge in [-0.15, -0.1) is 6.58 Å². The number of hydrogen-bond donors (Lipinski definition) is 2. The van der Waals surface area contributed by atoms with Crippen molar-refractivity contribution in [2.45, 2.75) is 82.7 Å². The highest BCUT2D eigenvalue weighted by Gasteiger charge is 2.28. The molecule has 1 heterocycles. The second-order valence-electron chi connectivity index (χ2n) is 5.91. The van der Waals surface area contributed by atoms with Gasteiger partial charge in [-0.2, -0.15) is 0 Å². The van der Waals surface area contributed by atoms with Crippen molar-refractivity contribution < 1.29 is 19.7 Å². The summed E-state index contributed by atoms with van der Waals surface area (Å²) in [7, 11) is 0. The third-order valence-electron chi connectivity index (χ3n) is 3.95. The first-order valence-electron chi connectivity index (χ1n) is 8.43. The van der Waals surface area contributed by atoms with E-state index in [4.69, 9.17) is 14.6 Å². The normalized spacial score (nSPS) is 25.9. The monoisotopic (exact) mass is 300 g/mol. The van der Waals surface area contributed by atoms with Crippen LogP contribution in [-0.4, -0.2) is 41.9 Å². The molecule has 4 nitrogen and oxygen atoms in total. The third-order valence-corrected chi connectivity index (χ3v) is 3.95. The highest BCUT2D eigenvalue weighted by atomic mass is 16.6. The summed E-state index contributed by atoms with van der Waals surface area (Å²) in [5.74, 6) is 0. The molecule has 1 fully saturated rings. The highest BCUT2D eigenvalue weighted by Crippen LogP contribution is 2.21. The van der Waals surface area contributed by atoms with Gasteiger partial charge < -0.3 is 19.7 Å². The maximum Gasteiger partial charge on any atom is 0.157 e. The van der Waals surface area contributed by atoms with Crippen LogP contribution in [0, 0.1) is 0 Å². The van der Waals surface area contributed by atoms with Crippen molar-refractivity contribution in [3.63, 3.8) is 0 Å². The first-order valence-corrected chi connectivity index (χ1v) is 8.43. The quantitative estimate of drug-likeness (QED) is 0.429. The van der Waals surface area contributed by atoms with E-state index in [2.05, 4.69) is 6.58 Å². The zero-order valence-electron chi connectivity index (χ0n) is 13.2. The molecule has 3 atom stereocenters. The van der Waals surface area contributed by atoms with Gasteiger partial charge in [-0.3, -0.25) is 0 Å². The maximum absolute atomic E-state index is 9.52. The summed E-state index contributed by atoms with van der Waals surface area (Å²) in [5.41, 5.74) is 0. The molecular weight excluding hydrogens is 268 g/mol. The molecule has 2 unspecified atom stereocenters. The lowest BCUT2D eigenvalue weighted by atomic mass is 10.1. The standard InChI is InChI=1S/C17H32O4/c1-2-3-4-5-6-7-8-9-10-11-20-15-12-16(14-18)21-17(19)13-15/h2,15-19H,1,3-14H2/t15-,16?,17?/m0/s1. The fraction of sp³-hybridized carbons (Fsp3) is 0.882. The smallest absolute Gasteiger partial charge is 0.157 e. The Balaban J connectivity index is 1.90. The average Bonchev–Trinajstić information content (AvgIpc) is 2.48. The fourth-order valence-corrected chi connectivity index (χ4v) is 2.73. The molecule has 0 bridgehead atoms. The second-order valence-corrected chi connectivity index (χ2v) is 5.91. The van der Waals surface area contributed by atoms with Gasteiger partial charge in [-0.25, -0.2) is 0 Å². The van der Waals surface area contributed by atoms with Crippen LogP contribution in [0.5, 0.6) is 0 Å². The van der Waals surface area contributed by atoms with E-state index < -0.39 is 6.29 Å². The van der Waals surface area contributed by atoms with Gasteiger partial charge in [0, 0.05) is 19.4 Å². The number of hydrogen-bond acceptors (Lipinski definition) is 4. The van der Waals surface area contributed by atoms with Crippen molar-refractivity contribution >= 4 is 0 Å². The molecule has 21 heavy (non-hydrogen) atoms. The highest BCUT2D eigenvalue weighted by molar-refractivity contribution is 4.73. The molecule has 2 N–H and O–H groups in total. The van der Waals surface area contributed by atoms with Crippen LogP contribution in [0.3, 0.4) is 0 Å². The van der Waals surface area contributed by atoms with Gasteiger partial charge in [-0.05, 0) is 19.3 Å². The van der Waals surface area contributed by atoms with Crippen molar-refractivity contribution in [3.8, 4) is 0 Å². The largest absolute Gasteiger partial charge is 0.394 e. The number of aliphatic hydroxyl groups is 2. The Kier molecular flexibility index (Phi) is 10.8. The Bertz CT molecular complexity index is 257. The van der Waals surface area contributed by atoms with Crippen molar-refractivity contribution in [1.29, 1.82) is 0 Å². The minimum absolute atomic E-state index is 0.0183. The molecule has 1 saturated heterocycles. The van der Waals surface area contributed by atoms with Crippen LogP contribution >= 0.6 is 0 Å². The predicted molar refractivity (Wildman–Crippen MR) is 84.1 cm³/mol. The van der Waals surface area contributed by atoms with Gasteiger partial charge in [0.05, 0.1) is 18.8 Å². The van der Waals surface area contributed by atoms with Crippen molar-refractivity contribution in [2.75, 3.05) is 13.2 Å². The van der Waals surface area contributed by atoms with E-state index in [0.717, 1.165) is 19.4 Å². The first-order chi connectivity index (χ1) is 10.3. The lowest BCUT2D eigenvalue weighted by Gasteiger charge is -2.31.